The summed E-state index contributed by atoms with van der Waals surface area (Å²) in [4.78, 5) is 4.22. The molecule has 0 atom stereocenters. The van der Waals surface area contributed by atoms with Crippen LogP contribution >= 0.6 is 22.9 Å². The van der Waals surface area contributed by atoms with Crippen molar-refractivity contribution < 1.29 is 4.39 Å². The van der Waals surface area contributed by atoms with Crippen LogP contribution in [-0.4, -0.2) is 10.7 Å². The number of thiazole rings is 1. The van der Waals surface area contributed by atoms with E-state index in [0.717, 1.165) is 17.0 Å². The van der Waals surface area contributed by atoms with E-state index >= 15 is 0 Å². The molecular weight excluding hydrogens is 273 g/mol. The lowest BCUT2D eigenvalue weighted by Gasteiger charge is -2.00. The van der Waals surface area contributed by atoms with E-state index in [9.17, 15) is 4.39 Å². The number of aromatic nitrogens is 1. The lowest BCUT2D eigenvalue weighted by molar-refractivity contribution is 0.628. The number of nitrogens with one attached hydrogen (secondary N) is 1. The molecule has 2 rings (SSSR count). The van der Waals surface area contributed by atoms with Crippen LogP contribution in [0, 0.1) is 5.82 Å². The molecule has 0 unspecified atom stereocenters. The average molecular weight is 284 g/mol. The number of hydrazone groups is 1. The lowest BCUT2D eigenvalue weighted by atomic mass is 10.1. The maximum Gasteiger partial charge on any atom is 0.203 e. The number of nitrogens with zero attached hydrogens (tertiary/aromatic N) is 2. The highest BCUT2D eigenvalue weighted by atomic mass is 35.5. The second-order valence-corrected chi connectivity index (χ2v) is 4.72. The number of anilines is 1. The zero-order chi connectivity index (χ0) is 13.0. The Morgan fingerprint density at radius 2 is 2.17 bits per heavy atom. The van der Waals surface area contributed by atoms with E-state index in [1.165, 1.54) is 23.5 Å². The summed E-state index contributed by atoms with van der Waals surface area (Å²) in [5, 5.41) is 6.75. The number of halogens is 2. The third kappa shape index (κ3) is 3.27. The summed E-state index contributed by atoms with van der Waals surface area (Å²) in [5.41, 5.74) is 5.29. The first-order valence-electron chi connectivity index (χ1n) is 5.25. The summed E-state index contributed by atoms with van der Waals surface area (Å²) in [6.07, 6.45) is 0. The Bertz CT molecular complexity index is 551. The number of hydrogen-bond acceptors (Lipinski definition) is 4. The molecule has 2 aromatic rings. The molecule has 0 saturated heterocycles. The molecule has 0 radical (unpaired) electrons. The molecule has 1 heterocycles. The second kappa shape index (κ2) is 5.93. The number of alkyl halides is 1. The van der Waals surface area contributed by atoms with Crippen LogP contribution in [0.15, 0.2) is 34.7 Å². The molecule has 1 aromatic heterocycles. The maximum atomic E-state index is 12.8. The fourth-order valence-corrected chi connectivity index (χ4v) is 2.19. The van der Waals surface area contributed by atoms with E-state index in [4.69, 9.17) is 11.6 Å². The van der Waals surface area contributed by atoms with Gasteiger partial charge < -0.3 is 0 Å². The van der Waals surface area contributed by atoms with E-state index in [0.29, 0.717) is 11.0 Å². The van der Waals surface area contributed by atoms with Gasteiger partial charge in [0.2, 0.25) is 5.13 Å². The molecule has 0 aliphatic carbocycles. The highest BCUT2D eigenvalue weighted by molar-refractivity contribution is 7.13. The molecule has 0 spiro atoms. The van der Waals surface area contributed by atoms with Crippen LogP contribution in [0.25, 0.3) is 0 Å². The normalized spacial score (nSPS) is 11.6. The van der Waals surface area contributed by atoms with Gasteiger partial charge in [0.05, 0.1) is 17.3 Å². The molecule has 0 amide bonds. The SMILES string of the molecule is C/C(=N\Nc1nc(CCl)cs1)c1ccc(F)cc1. The van der Waals surface area contributed by atoms with Crippen molar-refractivity contribution in [1.82, 2.24) is 4.98 Å². The minimum atomic E-state index is -0.258. The smallest absolute Gasteiger partial charge is 0.203 e. The van der Waals surface area contributed by atoms with Gasteiger partial charge in [-0.15, -0.1) is 22.9 Å². The van der Waals surface area contributed by atoms with E-state index in [1.807, 2.05) is 12.3 Å². The first-order valence-corrected chi connectivity index (χ1v) is 6.67. The molecule has 3 nitrogen and oxygen atoms in total. The largest absolute Gasteiger partial charge is 0.252 e. The Balaban J connectivity index is 2.06. The number of rotatable bonds is 4. The van der Waals surface area contributed by atoms with Gasteiger partial charge in [0, 0.05) is 5.38 Å². The summed E-state index contributed by atoms with van der Waals surface area (Å²) in [6, 6.07) is 6.18. The highest BCUT2D eigenvalue weighted by Gasteiger charge is 2.01. The molecule has 18 heavy (non-hydrogen) atoms. The van der Waals surface area contributed by atoms with Gasteiger partial charge in [-0.3, -0.25) is 5.43 Å². The van der Waals surface area contributed by atoms with Crippen LogP contribution in [0.4, 0.5) is 9.52 Å². The van der Waals surface area contributed by atoms with Crippen LogP contribution in [0.2, 0.25) is 0 Å². The zero-order valence-electron chi connectivity index (χ0n) is 9.65. The van der Waals surface area contributed by atoms with Crippen LogP contribution in [0.5, 0.6) is 0 Å². The van der Waals surface area contributed by atoms with Crippen molar-refractivity contribution in [3.05, 3.63) is 46.7 Å². The Morgan fingerprint density at radius 3 is 2.78 bits per heavy atom. The predicted molar refractivity (Wildman–Crippen MR) is 73.9 cm³/mol. The standard InChI is InChI=1S/C12H11ClFN3S/c1-8(9-2-4-10(14)5-3-9)16-17-12-15-11(6-13)7-18-12/h2-5,7H,6H2,1H3,(H,15,17)/b16-8+. The van der Waals surface area contributed by atoms with E-state index in [2.05, 4.69) is 15.5 Å². The van der Waals surface area contributed by atoms with Gasteiger partial charge in [-0.2, -0.15) is 5.10 Å². The molecule has 0 bridgehead atoms. The topological polar surface area (TPSA) is 37.3 Å². The molecule has 0 aliphatic heterocycles. The van der Waals surface area contributed by atoms with Gasteiger partial charge in [-0.05, 0) is 24.6 Å². The minimum Gasteiger partial charge on any atom is -0.252 e. The molecule has 94 valence electrons. The lowest BCUT2D eigenvalue weighted by Crippen LogP contribution is -1.99. The zero-order valence-corrected chi connectivity index (χ0v) is 11.2. The first kappa shape index (κ1) is 13.0. The monoisotopic (exact) mass is 283 g/mol. The fraction of sp³-hybridized carbons (Fsp3) is 0.167. The second-order valence-electron chi connectivity index (χ2n) is 3.59. The number of benzene rings is 1. The van der Waals surface area contributed by atoms with Crippen LogP contribution in [0.3, 0.4) is 0 Å². The molecule has 6 heteroatoms. The first-order chi connectivity index (χ1) is 8.69. The third-order valence-electron chi connectivity index (χ3n) is 2.27. The molecule has 0 saturated carbocycles. The van der Waals surface area contributed by atoms with Gasteiger partial charge in [-0.25, -0.2) is 9.37 Å². The van der Waals surface area contributed by atoms with Gasteiger partial charge in [0.15, 0.2) is 0 Å². The minimum absolute atomic E-state index is 0.258. The Hall–Kier alpha value is -1.46. The van der Waals surface area contributed by atoms with Crippen LogP contribution in [0.1, 0.15) is 18.2 Å². The van der Waals surface area contributed by atoms with Crippen molar-refractivity contribution in [1.29, 1.82) is 0 Å². The summed E-state index contributed by atoms with van der Waals surface area (Å²) < 4.78 is 12.8. The van der Waals surface area contributed by atoms with Crippen molar-refractivity contribution in [3.8, 4) is 0 Å². The van der Waals surface area contributed by atoms with Gasteiger partial charge in [0.1, 0.15) is 5.82 Å². The average Bonchev–Trinajstić information content (AvgIpc) is 2.85. The van der Waals surface area contributed by atoms with Crippen LogP contribution < -0.4 is 5.43 Å². The van der Waals surface area contributed by atoms with Gasteiger partial charge in [-0.1, -0.05) is 12.1 Å². The van der Waals surface area contributed by atoms with Crippen LogP contribution in [-0.2, 0) is 5.88 Å². The highest BCUT2D eigenvalue weighted by Crippen LogP contribution is 2.16. The summed E-state index contributed by atoms with van der Waals surface area (Å²) in [7, 11) is 0. The number of hydrogen-bond donors (Lipinski definition) is 1. The van der Waals surface area contributed by atoms with Gasteiger partial charge in [0.25, 0.3) is 0 Å². The molecule has 1 aromatic carbocycles. The molecule has 0 aliphatic rings. The third-order valence-corrected chi connectivity index (χ3v) is 3.34. The van der Waals surface area contributed by atoms with Crippen molar-refractivity contribution in [3.63, 3.8) is 0 Å². The summed E-state index contributed by atoms with van der Waals surface area (Å²) in [5.74, 6) is 0.130. The Kier molecular flexibility index (Phi) is 4.28. The van der Waals surface area contributed by atoms with Crippen molar-refractivity contribution in [2.45, 2.75) is 12.8 Å². The predicted octanol–water partition coefficient (Wildman–Crippen LogP) is 3.86. The van der Waals surface area contributed by atoms with E-state index in [1.54, 1.807) is 12.1 Å². The van der Waals surface area contributed by atoms with Crippen molar-refractivity contribution in [2.75, 3.05) is 5.43 Å². The Labute approximate surface area is 113 Å². The van der Waals surface area contributed by atoms with E-state index < -0.39 is 0 Å². The molecular formula is C12H11ClFN3S. The van der Waals surface area contributed by atoms with Crippen molar-refractivity contribution >= 4 is 33.8 Å². The Morgan fingerprint density at radius 1 is 1.44 bits per heavy atom. The summed E-state index contributed by atoms with van der Waals surface area (Å²) in [6.45, 7) is 1.84. The van der Waals surface area contributed by atoms with Gasteiger partial charge >= 0.3 is 0 Å². The molecule has 0 fully saturated rings. The quantitative estimate of drug-likeness (QED) is 0.526. The summed E-state index contributed by atoms with van der Waals surface area (Å²) >= 11 is 7.10. The molecule has 1 N–H and O–H groups in total. The fourth-order valence-electron chi connectivity index (χ4n) is 1.31. The van der Waals surface area contributed by atoms with Crippen molar-refractivity contribution in [2.24, 2.45) is 5.10 Å². The maximum absolute atomic E-state index is 12.8. The van der Waals surface area contributed by atoms with E-state index in [-0.39, 0.29) is 5.82 Å².